The van der Waals surface area contributed by atoms with Gasteiger partial charge in [0.2, 0.25) is 0 Å². The van der Waals surface area contributed by atoms with Crippen LogP contribution in [-0.2, 0) is 11.3 Å². The topological polar surface area (TPSA) is 99.9 Å². The molecule has 0 bridgehead atoms. The van der Waals surface area contributed by atoms with Crippen LogP contribution in [0.15, 0.2) is 55.0 Å². The van der Waals surface area contributed by atoms with Crippen LogP contribution in [0.2, 0.25) is 0 Å². The zero-order chi connectivity index (χ0) is 20.7. The summed E-state index contributed by atoms with van der Waals surface area (Å²) in [7, 11) is 0. The first-order chi connectivity index (χ1) is 14.6. The molecule has 2 aliphatic rings. The number of rotatable bonds is 3. The number of hydrogen-bond acceptors (Lipinski definition) is 5. The van der Waals surface area contributed by atoms with Crippen LogP contribution in [-0.4, -0.2) is 60.9 Å². The van der Waals surface area contributed by atoms with Gasteiger partial charge >= 0.3 is 6.03 Å². The maximum atomic E-state index is 13.0. The highest BCUT2D eigenvalue weighted by atomic mass is 16.2. The third-order valence-electron chi connectivity index (χ3n) is 5.98. The van der Waals surface area contributed by atoms with E-state index in [1.807, 2.05) is 30.3 Å². The van der Waals surface area contributed by atoms with Crippen LogP contribution in [0, 0.1) is 0 Å². The number of benzene rings is 1. The normalized spacial score (nSPS) is 18.3. The second kappa shape index (κ2) is 6.94. The van der Waals surface area contributed by atoms with Crippen molar-refractivity contribution in [2.45, 2.75) is 24.9 Å². The molecule has 30 heavy (non-hydrogen) atoms. The molecule has 2 aliphatic heterocycles. The van der Waals surface area contributed by atoms with Crippen LogP contribution >= 0.6 is 0 Å². The van der Waals surface area contributed by atoms with Crippen molar-refractivity contribution in [2.24, 2.45) is 0 Å². The van der Waals surface area contributed by atoms with E-state index in [1.165, 1.54) is 6.20 Å². The average Bonchev–Trinajstić information content (AvgIpc) is 3.30. The second-order valence-corrected chi connectivity index (χ2v) is 7.60. The minimum absolute atomic E-state index is 0.169. The first-order valence-electron chi connectivity index (χ1n) is 9.83. The number of amides is 4. The Morgan fingerprint density at radius 2 is 1.87 bits per heavy atom. The number of piperidine rings is 1. The number of imide groups is 1. The zero-order valence-corrected chi connectivity index (χ0v) is 16.2. The van der Waals surface area contributed by atoms with Crippen molar-refractivity contribution in [3.63, 3.8) is 0 Å². The van der Waals surface area contributed by atoms with Crippen molar-refractivity contribution in [3.05, 3.63) is 66.1 Å². The predicted molar refractivity (Wildman–Crippen MR) is 106 cm³/mol. The Bertz CT molecular complexity index is 1130. The molecule has 0 atom stereocenters. The Morgan fingerprint density at radius 3 is 2.63 bits per heavy atom. The van der Waals surface area contributed by atoms with Gasteiger partial charge in [-0.15, -0.1) is 0 Å². The number of aromatic nitrogens is 3. The minimum Gasteiger partial charge on any atom is -0.338 e. The molecule has 9 heteroatoms. The largest absolute Gasteiger partial charge is 0.338 e. The molecule has 4 amide bonds. The molecular weight excluding hydrogens is 384 g/mol. The summed E-state index contributed by atoms with van der Waals surface area (Å²) in [6, 6.07) is 11.0. The zero-order valence-electron chi connectivity index (χ0n) is 16.2. The van der Waals surface area contributed by atoms with Gasteiger partial charge in [-0.2, -0.15) is 5.10 Å². The Hall–Kier alpha value is -3.75. The lowest BCUT2D eigenvalue weighted by Gasteiger charge is -2.42. The number of hydrogen-bond donors (Lipinski definition) is 1. The summed E-state index contributed by atoms with van der Waals surface area (Å²) in [6.45, 7) is 1.09. The quantitative estimate of drug-likeness (QED) is 0.666. The summed E-state index contributed by atoms with van der Waals surface area (Å²) in [6.07, 6.45) is 5.64. The van der Waals surface area contributed by atoms with Crippen molar-refractivity contribution >= 4 is 23.5 Å². The van der Waals surface area contributed by atoms with Gasteiger partial charge in [0.25, 0.3) is 11.8 Å². The molecule has 0 radical (unpaired) electrons. The van der Waals surface area contributed by atoms with E-state index in [2.05, 4.69) is 15.4 Å². The van der Waals surface area contributed by atoms with Gasteiger partial charge in [-0.3, -0.25) is 14.9 Å². The third-order valence-corrected chi connectivity index (χ3v) is 5.98. The van der Waals surface area contributed by atoms with E-state index in [1.54, 1.807) is 32.8 Å². The van der Waals surface area contributed by atoms with Gasteiger partial charge in [0.1, 0.15) is 11.1 Å². The van der Waals surface area contributed by atoms with E-state index in [4.69, 9.17) is 0 Å². The molecular formula is C21H20N6O3. The van der Waals surface area contributed by atoms with E-state index < -0.39 is 5.54 Å². The summed E-state index contributed by atoms with van der Waals surface area (Å²) in [5.41, 5.74) is 0.961. The lowest BCUT2D eigenvalue weighted by Crippen LogP contribution is -2.57. The van der Waals surface area contributed by atoms with Gasteiger partial charge < -0.3 is 9.80 Å². The smallest absolute Gasteiger partial charge is 0.325 e. The number of carbonyl (C=O) groups excluding carboxylic acids is 3. The molecule has 2 aromatic heterocycles. The van der Waals surface area contributed by atoms with Crippen LogP contribution in [0.3, 0.4) is 0 Å². The maximum Gasteiger partial charge on any atom is 0.325 e. The molecule has 1 aromatic carbocycles. The number of carbonyl (C=O) groups is 3. The Labute approximate surface area is 172 Å². The summed E-state index contributed by atoms with van der Waals surface area (Å²) in [5.74, 6) is -0.453. The average molecular weight is 404 g/mol. The van der Waals surface area contributed by atoms with Crippen molar-refractivity contribution in [2.75, 3.05) is 13.1 Å². The van der Waals surface area contributed by atoms with E-state index >= 15 is 0 Å². The number of likely N-dealkylation sites (tertiary alicyclic amines) is 1. The molecule has 0 saturated carbocycles. The monoisotopic (exact) mass is 404 g/mol. The van der Waals surface area contributed by atoms with Gasteiger partial charge in [-0.05, 0) is 24.5 Å². The first kappa shape index (κ1) is 18.3. The van der Waals surface area contributed by atoms with Crippen LogP contribution in [0.1, 0.15) is 28.8 Å². The highest BCUT2D eigenvalue weighted by Gasteiger charge is 2.54. The first-order valence-corrected chi connectivity index (χ1v) is 9.83. The number of nitrogens with zero attached hydrogens (tertiary/aromatic N) is 5. The second-order valence-electron chi connectivity index (χ2n) is 7.60. The van der Waals surface area contributed by atoms with Crippen LogP contribution < -0.4 is 5.32 Å². The molecule has 1 spiro atoms. The highest BCUT2D eigenvalue weighted by Crippen LogP contribution is 2.35. The van der Waals surface area contributed by atoms with Gasteiger partial charge in [0.05, 0.1) is 6.20 Å². The highest BCUT2D eigenvalue weighted by molar-refractivity contribution is 6.07. The van der Waals surface area contributed by atoms with E-state index in [9.17, 15) is 14.4 Å². The third kappa shape index (κ3) is 2.81. The van der Waals surface area contributed by atoms with E-state index in [0.29, 0.717) is 43.7 Å². The van der Waals surface area contributed by atoms with E-state index in [-0.39, 0.29) is 17.8 Å². The lowest BCUT2D eigenvalue weighted by molar-refractivity contribution is -0.129. The van der Waals surface area contributed by atoms with Crippen molar-refractivity contribution in [1.82, 2.24) is 29.7 Å². The standard InChI is InChI=1S/C21H20N6O3/c28-18(16-13-23-27-10-4-9-22-17(16)27)25-11-7-21(8-12-25)19(29)24-20(30)26(21)14-15-5-2-1-3-6-15/h1-6,9-10,13H,7-8,11-12,14H2,(H,24,29,30). The van der Waals surface area contributed by atoms with Crippen LogP contribution in [0.5, 0.6) is 0 Å². The van der Waals surface area contributed by atoms with Crippen LogP contribution in [0.25, 0.3) is 5.65 Å². The lowest BCUT2D eigenvalue weighted by atomic mass is 9.85. The summed E-state index contributed by atoms with van der Waals surface area (Å²) in [4.78, 5) is 45.9. The predicted octanol–water partition coefficient (Wildman–Crippen LogP) is 1.46. The SMILES string of the molecule is O=C(c1cnn2cccnc12)N1CCC2(CC1)C(=O)NC(=O)N2Cc1ccccc1. The van der Waals surface area contributed by atoms with E-state index in [0.717, 1.165) is 5.56 Å². The van der Waals surface area contributed by atoms with Crippen molar-refractivity contribution in [3.8, 4) is 0 Å². The number of fused-ring (bicyclic) bond motifs is 1. The Morgan fingerprint density at radius 1 is 1.10 bits per heavy atom. The fraction of sp³-hybridized carbons (Fsp3) is 0.286. The van der Waals surface area contributed by atoms with Gasteiger partial charge in [-0.1, -0.05) is 30.3 Å². The van der Waals surface area contributed by atoms with Crippen molar-refractivity contribution in [1.29, 1.82) is 0 Å². The number of urea groups is 1. The molecule has 0 aliphatic carbocycles. The summed E-state index contributed by atoms with van der Waals surface area (Å²) in [5, 5.41) is 6.64. The number of nitrogens with one attached hydrogen (secondary N) is 1. The Kier molecular flexibility index (Phi) is 4.23. The molecule has 3 aromatic rings. The molecule has 4 heterocycles. The van der Waals surface area contributed by atoms with Gasteiger partial charge in [0, 0.05) is 32.0 Å². The Balaban J connectivity index is 1.36. The molecule has 0 unspecified atom stereocenters. The molecule has 2 saturated heterocycles. The maximum absolute atomic E-state index is 13.0. The molecule has 9 nitrogen and oxygen atoms in total. The minimum atomic E-state index is -0.928. The fourth-order valence-electron chi connectivity index (χ4n) is 4.31. The fourth-order valence-corrected chi connectivity index (χ4v) is 4.31. The molecule has 5 rings (SSSR count). The summed E-state index contributed by atoms with van der Waals surface area (Å²) >= 11 is 0. The van der Waals surface area contributed by atoms with Gasteiger partial charge in [0.15, 0.2) is 5.65 Å². The van der Waals surface area contributed by atoms with Crippen molar-refractivity contribution < 1.29 is 14.4 Å². The molecule has 1 N–H and O–H groups in total. The molecule has 152 valence electrons. The van der Waals surface area contributed by atoms with Crippen LogP contribution in [0.4, 0.5) is 4.79 Å². The van der Waals surface area contributed by atoms with Gasteiger partial charge in [-0.25, -0.2) is 14.3 Å². The summed E-state index contributed by atoms with van der Waals surface area (Å²) < 4.78 is 1.56. The molecule has 2 fully saturated rings.